The summed E-state index contributed by atoms with van der Waals surface area (Å²) in [6.45, 7) is 4.14. The van der Waals surface area contributed by atoms with E-state index in [1.54, 1.807) is 20.8 Å². The van der Waals surface area contributed by atoms with E-state index in [0.29, 0.717) is 6.07 Å². The Morgan fingerprint density at radius 3 is 2.50 bits per heavy atom. The van der Waals surface area contributed by atoms with Gasteiger partial charge in [0.15, 0.2) is 0 Å². The van der Waals surface area contributed by atoms with Crippen LogP contribution in [0.15, 0.2) is 23.3 Å². The molecule has 24 heavy (non-hydrogen) atoms. The van der Waals surface area contributed by atoms with Crippen LogP contribution in [0.5, 0.6) is 0 Å². The average molecular weight is 346 g/mol. The predicted molar refractivity (Wildman–Crippen MR) is 80.3 cm³/mol. The number of anilines is 1. The molecule has 1 atom stereocenters. The van der Waals surface area contributed by atoms with Gasteiger partial charge >= 0.3 is 12.3 Å². The minimum atomic E-state index is -4.63. The maximum Gasteiger partial charge on any atom is 0.416 e. The molecule has 1 amide bonds. The van der Waals surface area contributed by atoms with E-state index in [2.05, 4.69) is 15.3 Å². The SMILES string of the molecule is CC(C)(C)OC(=O)Nc1cc(C(F)(F)F)ccc1C(CO)N=[N+]=[N-]. The van der Waals surface area contributed by atoms with Gasteiger partial charge in [0, 0.05) is 10.6 Å². The van der Waals surface area contributed by atoms with E-state index in [-0.39, 0.29) is 11.3 Å². The molecule has 1 unspecified atom stereocenters. The van der Waals surface area contributed by atoms with Crippen molar-refractivity contribution in [3.63, 3.8) is 0 Å². The van der Waals surface area contributed by atoms with Crippen LogP contribution in [0.1, 0.15) is 37.9 Å². The molecular formula is C14H17F3N4O3. The lowest BCUT2D eigenvalue weighted by molar-refractivity contribution is -0.137. The number of hydrogen-bond acceptors (Lipinski definition) is 4. The fraction of sp³-hybridized carbons (Fsp3) is 0.500. The molecule has 0 aromatic heterocycles. The minimum absolute atomic E-state index is 0.0363. The number of aliphatic hydroxyl groups excluding tert-OH is 1. The third-order valence-electron chi connectivity index (χ3n) is 2.74. The summed E-state index contributed by atoms with van der Waals surface area (Å²) >= 11 is 0. The fourth-order valence-electron chi connectivity index (χ4n) is 1.80. The Bertz CT molecular complexity index is 650. The van der Waals surface area contributed by atoms with E-state index < -0.39 is 36.1 Å². The van der Waals surface area contributed by atoms with E-state index in [1.807, 2.05) is 0 Å². The summed E-state index contributed by atoms with van der Waals surface area (Å²) < 4.78 is 43.6. The van der Waals surface area contributed by atoms with Gasteiger partial charge in [0.2, 0.25) is 0 Å². The summed E-state index contributed by atoms with van der Waals surface area (Å²) in [4.78, 5) is 14.4. The van der Waals surface area contributed by atoms with E-state index >= 15 is 0 Å². The Kier molecular flexibility index (Phi) is 6.05. The number of nitrogens with zero attached hydrogens (tertiary/aromatic N) is 3. The van der Waals surface area contributed by atoms with E-state index in [0.717, 1.165) is 12.1 Å². The molecule has 0 fully saturated rings. The van der Waals surface area contributed by atoms with Gasteiger partial charge in [-0.25, -0.2) is 4.79 Å². The van der Waals surface area contributed by atoms with Crippen molar-refractivity contribution in [3.05, 3.63) is 39.8 Å². The number of hydrogen-bond donors (Lipinski definition) is 2. The number of ether oxygens (including phenoxy) is 1. The lowest BCUT2D eigenvalue weighted by Gasteiger charge is -2.22. The first-order valence-electron chi connectivity index (χ1n) is 6.84. The van der Waals surface area contributed by atoms with Crippen molar-refractivity contribution >= 4 is 11.8 Å². The smallest absolute Gasteiger partial charge is 0.416 e. The van der Waals surface area contributed by atoms with Gasteiger partial charge in [0.1, 0.15) is 5.60 Å². The summed E-state index contributed by atoms with van der Waals surface area (Å²) in [7, 11) is 0. The topological polar surface area (TPSA) is 107 Å². The first-order chi connectivity index (χ1) is 11.0. The second-order valence-electron chi connectivity index (χ2n) is 5.83. The van der Waals surface area contributed by atoms with Gasteiger partial charge in [-0.3, -0.25) is 5.32 Å². The fourth-order valence-corrected chi connectivity index (χ4v) is 1.80. The number of amides is 1. The highest BCUT2D eigenvalue weighted by molar-refractivity contribution is 5.86. The highest BCUT2D eigenvalue weighted by Crippen LogP contribution is 2.35. The van der Waals surface area contributed by atoms with Crippen molar-refractivity contribution in [2.45, 2.75) is 38.6 Å². The van der Waals surface area contributed by atoms with Crippen LogP contribution in [0.3, 0.4) is 0 Å². The summed E-state index contributed by atoms with van der Waals surface area (Å²) in [5.41, 5.74) is 6.41. The number of nitrogens with one attached hydrogen (secondary N) is 1. The molecule has 0 aliphatic heterocycles. The highest BCUT2D eigenvalue weighted by atomic mass is 19.4. The first kappa shape index (κ1) is 19.6. The lowest BCUT2D eigenvalue weighted by Crippen LogP contribution is -2.28. The molecule has 0 saturated carbocycles. The van der Waals surface area contributed by atoms with Gasteiger partial charge in [-0.2, -0.15) is 13.2 Å². The average Bonchev–Trinajstić information content (AvgIpc) is 2.42. The Morgan fingerprint density at radius 1 is 1.42 bits per heavy atom. The van der Waals surface area contributed by atoms with Crippen molar-refractivity contribution in [1.29, 1.82) is 0 Å². The van der Waals surface area contributed by atoms with Gasteiger partial charge in [-0.1, -0.05) is 11.2 Å². The quantitative estimate of drug-likeness (QED) is 0.479. The molecule has 1 rings (SSSR count). The molecule has 0 bridgehead atoms. The van der Waals surface area contributed by atoms with Crippen molar-refractivity contribution in [3.8, 4) is 0 Å². The number of aliphatic hydroxyl groups is 1. The third kappa shape index (κ3) is 5.64. The molecule has 0 saturated heterocycles. The second kappa shape index (κ2) is 7.41. The first-order valence-corrected chi connectivity index (χ1v) is 6.84. The van der Waals surface area contributed by atoms with Crippen molar-refractivity contribution in [1.82, 2.24) is 0 Å². The normalized spacial score (nSPS) is 13.0. The molecule has 1 aromatic carbocycles. The second-order valence-corrected chi connectivity index (χ2v) is 5.83. The summed E-state index contributed by atoms with van der Waals surface area (Å²) in [5, 5.41) is 14.8. The summed E-state index contributed by atoms with van der Waals surface area (Å²) in [5.74, 6) is 0. The van der Waals surface area contributed by atoms with Crippen molar-refractivity contribution in [2.75, 3.05) is 11.9 Å². The van der Waals surface area contributed by atoms with Gasteiger partial charge in [0.05, 0.1) is 18.2 Å². The Labute approximate surface area is 136 Å². The molecule has 0 heterocycles. The number of carbonyl (C=O) groups excluding carboxylic acids is 1. The Balaban J connectivity index is 3.29. The number of alkyl halides is 3. The van der Waals surface area contributed by atoms with Crippen LogP contribution in [-0.2, 0) is 10.9 Å². The van der Waals surface area contributed by atoms with Gasteiger partial charge in [-0.15, -0.1) is 0 Å². The molecule has 132 valence electrons. The number of halogens is 3. The molecule has 10 heteroatoms. The van der Waals surface area contributed by atoms with Crippen molar-refractivity contribution < 1.29 is 27.8 Å². The molecule has 0 aliphatic carbocycles. The van der Waals surface area contributed by atoms with Gasteiger partial charge < -0.3 is 9.84 Å². The Hall–Kier alpha value is -2.45. The molecular weight excluding hydrogens is 329 g/mol. The van der Waals surface area contributed by atoms with E-state index in [1.165, 1.54) is 0 Å². The molecule has 1 aromatic rings. The molecule has 2 N–H and O–H groups in total. The highest BCUT2D eigenvalue weighted by Gasteiger charge is 2.32. The Morgan fingerprint density at radius 2 is 2.04 bits per heavy atom. The molecule has 0 radical (unpaired) electrons. The van der Waals surface area contributed by atoms with Crippen LogP contribution in [0, 0.1) is 0 Å². The van der Waals surface area contributed by atoms with Crippen LogP contribution in [-0.4, -0.2) is 23.4 Å². The molecule has 7 nitrogen and oxygen atoms in total. The summed E-state index contributed by atoms with van der Waals surface area (Å²) in [6, 6.07) is 1.34. The standard InChI is InChI=1S/C14H17F3N4O3/c1-13(2,3)24-12(23)19-10-6-8(14(15,16)17)4-5-9(10)11(7-22)20-21-18/h4-6,11,22H,7H2,1-3H3,(H,19,23). The van der Waals surface area contributed by atoms with Crippen LogP contribution < -0.4 is 5.32 Å². The lowest BCUT2D eigenvalue weighted by atomic mass is 10.0. The van der Waals surface area contributed by atoms with Crippen LogP contribution in [0.4, 0.5) is 23.7 Å². The maximum absolute atomic E-state index is 12.9. The van der Waals surface area contributed by atoms with Gasteiger partial charge in [0.25, 0.3) is 0 Å². The van der Waals surface area contributed by atoms with Crippen LogP contribution >= 0.6 is 0 Å². The summed E-state index contributed by atoms with van der Waals surface area (Å²) in [6.07, 6.45) is -5.60. The van der Waals surface area contributed by atoms with E-state index in [9.17, 15) is 23.1 Å². The monoisotopic (exact) mass is 346 g/mol. The third-order valence-corrected chi connectivity index (χ3v) is 2.74. The zero-order valence-electron chi connectivity index (χ0n) is 13.3. The van der Waals surface area contributed by atoms with Crippen LogP contribution in [0.2, 0.25) is 0 Å². The predicted octanol–water partition coefficient (Wildman–Crippen LogP) is 4.40. The molecule has 0 spiro atoms. The number of carbonyl (C=O) groups is 1. The number of azide groups is 1. The van der Waals surface area contributed by atoms with E-state index in [4.69, 9.17) is 10.3 Å². The zero-order valence-corrected chi connectivity index (χ0v) is 13.3. The minimum Gasteiger partial charge on any atom is -0.444 e. The van der Waals surface area contributed by atoms with Crippen molar-refractivity contribution in [2.24, 2.45) is 5.11 Å². The van der Waals surface area contributed by atoms with Gasteiger partial charge in [-0.05, 0) is 44.0 Å². The largest absolute Gasteiger partial charge is 0.444 e. The number of rotatable bonds is 4. The van der Waals surface area contributed by atoms with Crippen LogP contribution in [0.25, 0.3) is 10.4 Å². The zero-order chi connectivity index (χ0) is 18.5. The molecule has 0 aliphatic rings. The maximum atomic E-state index is 12.9. The number of benzene rings is 1.